The molecule has 1 aliphatic rings. The van der Waals surface area contributed by atoms with E-state index in [4.69, 9.17) is 0 Å². The van der Waals surface area contributed by atoms with Crippen LogP contribution in [0.5, 0.6) is 0 Å². The summed E-state index contributed by atoms with van der Waals surface area (Å²) in [7, 11) is -3.27. The first-order chi connectivity index (χ1) is 7.46. The van der Waals surface area contributed by atoms with Gasteiger partial charge < -0.3 is 5.32 Å². The van der Waals surface area contributed by atoms with Gasteiger partial charge in [0.05, 0.1) is 6.26 Å². The Balaban J connectivity index is 2.71. The van der Waals surface area contributed by atoms with Gasteiger partial charge in [0.15, 0.2) is 0 Å². The third-order valence-corrected chi connectivity index (χ3v) is 4.02. The van der Waals surface area contributed by atoms with E-state index in [9.17, 15) is 13.2 Å². The van der Waals surface area contributed by atoms with Gasteiger partial charge in [-0.2, -0.15) is 4.31 Å². The Hall–Kier alpha value is -0.620. The minimum atomic E-state index is -3.27. The molecule has 0 spiro atoms. The summed E-state index contributed by atoms with van der Waals surface area (Å²) in [5, 5.41) is 2.76. The maximum absolute atomic E-state index is 11.8. The Kier molecular flexibility index (Phi) is 4.73. The summed E-state index contributed by atoms with van der Waals surface area (Å²) in [6, 6.07) is -0.504. The molecule has 0 saturated carbocycles. The highest BCUT2D eigenvalue weighted by Crippen LogP contribution is 2.19. The summed E-state index contributed by atoms with van der Waals surface area (Å²) < 4.78 is 24.4. The third-order valence-electron chi connectivity index (χ3n) is 2.73. The zero-order chi connectivity index (χ0) is 12.2. The van der Waals surface area contributed by atoms with Crippen molar-refractivity contribution in [3.63, 3.8) is 0 Å². The number of amides is 1. The van der Waals surface area contributed by atoms with Crippen LogP contribution in [0.25, 0.3) is 0 Å². The van der Waals surface area contributed by atoms with E-state index in [1.165, 1.54) is 10.6 Å². The molecular weight excluding hydrogens is 228 g/mol. The molecule has 1 N–H and O–H groups in total. The molecule has 1 amide bonds. The zero-order valence-corrected chi connectivity index (χ0v) is 10.7. The monoisotopic (exact) mass is 248 g/mol. The predicted molar refractivity (Wildman–Crippen MR) is 62.5 cm³/mol. The van der Waals surface area contributed by atoms with Crippen LogP contribution in [0.4, 0.5) is 0 Å². The lowest BCUT2D eigenvalue weighted by Crippen LogP contribution is -2.51. The van der Waals surface area contributed by atoms with Crippen LogP contribution in [0, 0.1) is 0 Å². The molecule has 1 rings (SSSR count). The molecule has 94 valence electrons. The Labute approximate surface area is 97.2 Å². The van der Waals surface area contributed by atoms with Gasteiger partial charge in [-0.15, -0.1) is 0 Å². The molecule has 0 aromatic heterocycles. The van der Waals surface area contributed by atoms with Crippen molar-refractivity contribution in [3.8, 4) is 0 Å². The average Bonchev–Trinajstić information content (AvgIpc) is 2.24. The lowest BCUT2D eigenvalue weighted by Gasteiger charge is -2.32. The highest BCUT2D eigenvalue weighted by molar-refractivity contribution is 7.88. The lowest BCUT2D eigenvalue weighted by atomic mass is 10.0. The maximum atomic E-state index is 11.8. The van der Waals surface area contributed by atoms with Gasteiger partial charge in [0.1, 0.15) is 6.04 Å². The van der Waals surface area contributed by atoms with Crippen LogP contribution in [-0.2, 0) is 14.8 Å². The predicted octanol–water partition coefficient (Wildman–Crippen LogP) is 0.327. The molecule has 1 atom stereocenters. The van der Waals surface area contributed by atoms with Gasteiger partial charge in [-0.25, -0.2) is 8.42 Å². The first kappa shape index (κ1) is 13.4. The molecule has 16 heavy (non-hydrogen) atoms. The first-order valence-electron chi connectivity index (χ1n) is 5.71. The van der Waals surface area contributed by atoms with Gasteiger partial charge in [0, 0.05) is 13.1 Å². The highest BCUT2D eigenvalue weighted by Gasteiger charge is 2.33. The molecule has 0 aromatic rings. The van der Waals surface area contributed by atoms with E-state index in [2.05, 4.69) is 5.32 Å². The second-order valence-electron chi connectivity index (χ2n) is 4.18. The number of carbonyl (C=O) groups excluding carboxylic acids is 1. The molecule has 1 heterocycles. The van der Waals surface area contributed by atoms with Gasteiger partial charge >= 0.3 is 0 Å². The highest BCUT2D eigenvalue weighted by atomic mass is 32.2. The Morgan fingerprint density at radius 3 is 2.69 bits per heavy atom. The summed E-state index contributed by atoms with van der Waals surface area (Å²) >= 11 is 0. The minimum Gasteiger partial charge on any atom is -0.355 e. The molecule has 5 nitrogen and oxygen atoms in total. The quantitative estimate of drug-likeness (QED) is 0.779. The number of rotatable bonds is 4. The van der Waals surface area contributed by atoms with Crippen LogP contribution < -0.4 is 5.32 Å². The van der Waals surface area contributed by atoms with Crippen molar-refractivity contribution in [2.45, 2.75) is 38.6 Å². The molecule has 0 aromatic carbocycles. The number of hydrogen-bond acceptors (Lipinski definition) is 3. The molecule has 1 saturated heterocycles. The van der Waals surface area contributed by atoms with Crippen molar-refractivity contribution in [2.24, 2.45) is 0 Å². The molecule has 1 aliphatic heterocycles. The summed E-state index contributed by atoms with van der Waals surface area (Å²) in [5.41, 5.74) is 0. The Morgan fingerprint density at radius 1 is 1.44 bits per heavy atom. The summed E-state index contributed by atoms with van der Waals surface area (Å²) in [5.74, 6) is -0.160. The van der Waals surface area contributed by atoms with E-state index < -0.39 is 16.1 Å². The second kappa shape index (κ2) is 5.63. The van der Waals surface area contributed by atoms with E-state index in [-0.39, 0.29) is 5.91 Å². The number of piperidine rings is 1. The fraction of sp³-hybridized carbons (Fsp3) is 0.900. The molecule has 6 heteroatoms. The van der Waals surface area contributed by atoms with Crippen molar-refractivity contribution < 1.29 is 13.2 Å². The summed E-state index contributed by atoms with van der Waals surface area (Å²) in [6.45, 7) is 3.03. The number of nitrogens with zero attached hydrogens (tertiary/aromatic N) is 1. The van der Waals surface area contributed by atoms with Gasteiger partial charge in [-0.05, 0) is 19.3 Å². The standard InChI is InChI=1S/C10H20N2O3S/c1-3-7-11-10(13)9-6-4-5-8-12(9)16(2,14)15/h9H,3-8H2,1-2H3,(H,11,13)/t9-/m1/s1. The summed E-state index contributed by atoms with van der Waals surface area (Å²) in [4.78, 5) is 11.8. The van der Waals surface area contributed by atoms with Crippen LogP contribution in [-0.4, -0.2) is 44.0 Å². The largest absolute Gasteiger partial charge is 0.355 e. The van der Waals surface area contributed by atoms with E-state index >= 15 is 0 Å². The van der Waals surface area contributed by atoms with Gasteiger partial charge in [-0.3, -0.25) is 4.79 Å². The van der Waals surface area contributed by atoms with Crippen molar-refractivity contribution in [2.75, 3.05) is 19.3 Å². The number of sulfonamides is 1. The molecule has 0 radical (unpaired) electrons. The smallest absolute Gasteiger partial charge is 0.238 e. The fourth-order valence-corrected chi connectivity index (χ4v) is 3.05. The van der Waals surface area contributed by atoms with Crippen LogP contribution in [0.3, 0.4) is 0 Å². The number of hydrogen-bond donors (Lipinski definition) is 1. The van der Waals surface area contributed by atoms with Gasteiger partial charge in [0.2, 0.25) is 15.9 Å². The van der Waals surface area contributed by atoms with Crippen molar-refractivity contribution in [1.29, 1.82) is 0 Å². The molecule has 0 aliphatic carbocycles. The van der Waals surface area contributed by atoms with Crippen molar-refractivity contribution in [3.05, 3.63) is 0 Å². The van der Waals surface area contributed by atoms with E-state index in [1.807, 2.05) is 6.92 Å². The zero-order valence-electron chi connectivity index (χ0n) is 9.90. The van der Waals surface area contributed by atoms with E-state index in [0.717, 1.165) is 19.3 Å². The van der Waals surface area contributed by atoms with Crippen LogP contribution in [0.1, 0.15) is 32.6 Å². The summed E-state index contributed by atoms with van der Waals surface area (Å²) in [6.07, 6.45) is 4.40. The van der Waals surface area contributed by atoms with Gasteiger partial charge in [0.25, 0.3) is 0 Å². The molecule has 0 bridgehead atoms. The van der Waals surface area contributed by atoms with E-state index in [0.29, 0.717) is 19.5 Å². The lowest BCUT2D eigenvalue weighted by molar-refractivity contribution is -0.125. The fourth-order valence-electron chi connectivity index (χ4n) is 1.93. The van der Waals surface area contributed by atoms with Crippen molar-refractivity contribution in [1.82, 2.24) is 9.62 Å². The molecular formula is C10H20N2O3S. The minimum absolute atomic E-state index is 0.160. The Morgan fingerprint density at radius 2 is 2.12 bits per heavy atom. The first-order valence-corrected chi connectivity index (χ1v) is 7.56. The van der Waals surface area contributed by atoms with E-state index in [1.54, 1.807) is 0 Å². The second-order valence-corrected chi connectivity index (χ2v) is 6.11. The number of nitrogens with one attached hydrogen (secondary N) is 1. The SMILES string of the molecule is CCCNC(=O)[C@H]1CCCCN1S(C)(=O)=O. The number of carbonyl (C=O) groups is 1. The third kappa shape index (κ3) is 3.45. The van der Waals surface area contributed by atoms with Crippen molar-refractivity contribution >= 4 is 15.9 Å². The van der Waals surface area contributed by atoms with Crippen LogP contribution in [0.15, 0.2) is 0 Å². The molecule has 0 unspecified atom stereocenters. The van der Waals surface area contributed by atoms with Gasteiger partial charge in [-0.1, -0.05) is 13.3 Å². The normalized spacial score (nSPS) is 23.0. The Bertz CT molecular complexity index is 340. The van der Waals surface area contributed by atoms with Crippen LogP contribution >= 0.6 is 0 Å². The topological polar surface area (TPSA) is 66.5 Å². The van der Waals surface area contributed by atoms with Crippen LogP contribution in [0.2, 0.25) is 0 Å². The average molecular weight is 248 g/mol. The molecule has 1 fully saturated rings. The maximum Gasteiger partial charge on any atom is 0.238 e.